The fourth-order valence-corrected chi connectivity index (χ4v) is 2.45. The predicted octanol–water partition coefficient (Wildman–Crippen LogP) is 3.01. The van der Waals surface area contributed by atoms with Crippen molar-refractivity contribution < 1.29 is 0 Å². The van der Waals surface area contributed by atoms with E-state index in [2.05, 4.69) is 15.0 Å². The van der Waals surface area contributed by atoms with Crippen molar-refractivity contribution in [2.24, 2.45) is 0 Å². The molecule has 0 aliphatic carbocycles. The lowest BCUT2D eigenvalue weighted by Gasteiger charge is -2.08. The number of aromatic nitrogens is 4. The summed E-state index contributed by atoms with van der Waals surface area (Å²) in [6.45, 7) is 1.75. The van der Waals surface area contributed by atoms with Crippen LogP contribution in [0, 0.1) is 6.92 Å². The van der Waals surface area contributed by atoms with Crippen molar-refractivity contribution in [2.75, 3.05) is 5.73 Å². The van der Waals surface area contributed by atoms with Gasteiger partial charge in [-0.1, -0.05) is 35.3 Å². The third kappa shape index (κ3) is 1.91. The molecule has 0 saturated heterocycles. The lowest BCUT2D eigenvalue weighted by atomic mass is 10.3. The molecule has 0 saturated carbocycles. The number of rotatable bonds is 1. The van der Waals surface area contributed by atoms with Gasteiger partial charge < -0.3 is 5.73 Å². The first-order valence-corrected chi connectivity index (χ1v) is 6.26. The number of para-hydroxylation sites is 1. The molecule has 7 heteroatoms. The minimum absolute atomic E-state index is 0.268. The van der Waals surface area contributed by atoms with E-state index in [0.29, 0.717) is 32.9 Å². The van der Waals surface area contributed by atoms with E-state index in [4.69, 9.17) is 28.9 Å². The molecule has 0 radical (unpaired) electrons. The molecule has 0 aliphatic rings. The molecule has 0 fully saturated rings. The average molecular weight is 294 g/mol. The normalized spacial score (nSPS) is 11.1. The van der Waals surface area contributed by atoms with E-state index in [0.717, 1.165) is 0 Å². The Morgan fingerprint density at radius 3 is 2.58 bits per heavy atom. The molecule has 0 aliphatic heterocycles. The second kappa shape index (κ2) is 4.36. The second-order valence-electron chi connectivity index (χ2n) is 3.99. The Bertz CT molecular complexity index is 781. The molecule has 2 aromatic heterocycles. The number of nitrogens with two attached hydrogens (primary N) is 1. The molecule has 0 bridgehead atoms. The van der Waals surface area contributed by atoms with Gasteiger partial charge in [0.1, 0.15) is 11.3 Å². The zero-order valence-electron chi connectivity index (χ0n) is 9.93. The number of nitrogen functional groups attached to an aromatic ring is 1. The average Bonchev–Trinajstić information content (AvgIpc) is 2.66. The molecule has 3 aromatic rings. The number of benzene rings is 1. The van der Waals surface area contributed by atoms with Gasteiger partial charge in [-0.05, 0) is 19.1 Å². The minimum Gasteiger partial charge on any atom is -0.369 e. The molecule has 5 nitrogen and oxygen atoms in total. The summed E-state index contributed by atoms with van der Waals surface area (Å²) in [4.78, 5) is 12.5. The Morgan fingerprint density at radius 1 is 1.11 bits per heavy atom. The van der Waals surface area contributed by atoms with Gasteiger partial charge in [-0.25, -0.2) is 9.97 Å². The topological polar surface area (TPSA) is 69.6 Å². The van der Waals surface area contributed by atoms with Crippen LogP contribution in [0.1, 0.15) is 5.82 Å². The summed E-state index contributed by atoms with van der Waals surface area (Å²) >= 11 is 12.4. The highest BCUT2D eigenvalue weighted by Crippen LogP contribution is 2.30. The number of fused-ring (bicyclic) bond motifs is 1. The Labute approximate surface area is 119 Å². The second-order valence-corrected chi connectivity index (χ2v) is 4.76. The number of hydrogen-bond acceptors (Lipinski definition) is 4. The van der Waals surface area contributed by atoms with Crippen molar-refractivity contribution in [3.8, 4) is 5.69 Å². The van der Waals surface area contributed by atoms with Crippen LogP contribution in [0.25, 0.3) is 16.9 Å². The van der Waals surface area contributed by atoms with Gasteiger partial charge in [-0.15, -0.1) is 0 Å². The van der Waals surface area contributed by atoms with E-state index >= 15 is 0 Å². The quantitative estimate of drug-likeness (QED) is 0.700. The maximum absolute atomic E-state index is 6.18. The first-order chi connectivity index (χ1) is 9.08. The van der Waals surface area contributed by atoms with Gasteiger partial charge in [0.2, 0.25) is 5.95 Å². The van der Waals surface area contributed by atoms with E-state index in [1.165, 1.54) is 0 Å². The summed E-state index contributed by atoms with van der Waals surface area (Å²) in [5.41, 5.74) is 7.64. The van der Waals surface area contributed by atoms with Gasteiger partial charge in [0.25, 0.3) is 0 Å². The maximum Gasteiger partial charge on any atom is 0.207 e. The van der Waals surface area contributed by atoms with E-state index < -0.39 is 0 Å². The summed E-state index contributed by atoms with van der Waals surface area (Å²) in [6, 6.07) is 7.29. The maximum atomic E-state index is 6.18. The van der Waals surface area contributed by atoms with Crippen LogP contribution in [-0.2, 0) is 0 Å². The molecular formula is C12H9Cl2N5. The first kappa shape index (κ1) is 12.2. The summed E-state index contributed by atoms with van der Waals surface area (Å²) < 4.78 is 1.65. The molecule has 3 rings (SSSR count). The van der Waals surface area contributed by atoms with Gasteiger partial charge in [0.05, 0.1) is 10.7 Å². The van der Waals surface area contributed by atoms with Gasteiger partial charge in [0.15, 0.2) is 10.8 Å². The fourth-order valence-electron chi connectivity index (χ4n) is 1.94. The molecule has 96 valence electrons. The summed E-state index contributed by atoms with van der Waals surface area (Å²) in [6.07, 6.45) is 0. The summed E-state index contributed by atoms with van der Waals surface area (Å²) in [5, 5.41) is 0.844. The van der Waals surface area contributed by atoms with Gasteiger partial charge >= 0.3 is 0 Å². The lowest BCUT2D eigenvalue weighted by molar-refractivity contribution is 1.07. The van der Waals surface area contributed by atoms with Gasteiger partial charge in [-0.2, -0.15) is 4.98 Å². The van der Waals surface area contributed by atoms with Crippen LogP contribution in [-0.4, -0.2) is 19.5 Å². The van der Waals surface area contributed by atoms with Crippen molar-refractivity contribution in [3.05, 3.63) is 40.3 Å². The molecule has 1 aromatic carbocycles. The van der Waals surface area contributed by atoms with Crippen LogP contribution < -0.4 is 5.73 Å². The fraction of sp³-hybridized carbons (Fsp3) is 0.0833. The molecule has 0 atom stereocenters. The van der Waals surface area contributed by atoms with Crippen molar-refractivity contribution in [3.63, 3.8) is 0 Å². The van der Waals surface area contributed by atoms with Crippen molar-refractivity contribution in [1.29, 1.82) is 0 Å². The third-order valence-corrected chi connectivity index (χ3v) is 3.28. The van der Waals surface area contributed by atoms with Gasteiger partial charge in [-0.3, -0.25) is 4.57 Å². The van der Waals surface area contributed by atoms with Crippen molar-refractivity contribution >= 4 is 40.3 Å². The van der Waals surface area contributed by atoms with E-state index in [-0.39, 0.29) is 5.95 Å². The zero-order valence-corrected chi connectivity index (χ0v) is 11.4. The Balaban J connectivity index is 2.42. The number of hydrogen-bond donors (Lipinski definition) is 1. The third-order valence-electron chi connectivity index (χ3n) is 2.70. The number of aryl methyl sites for hydroxylation is 1. The molecule has 0 unspecified atom stereocenters. The Morgan fingerprint density at radius 2 is 1.84 bits per heavy atom. The zero-order chi connectivity index (χ0) is 13.6. The number of anilines is 1. The van der Waals surface area contributed by atoms with E-state index in [1.807, 2.05) is 18.2 Å². The predicted molar refractivity (Wildman–Crippen MR) is 75.8 cm³/mol. The summed E-state index contributed by atoms with van der Waals surface area (Å²) in [5.74, 6) is 0.811. The molecular weight excluding hydrogens is 285 g/mol. The van der Waals surface area contributed by atoms with Crippen LogP contribution in [0.4, 0.5) is 5.95 Å². The van der Waals surface area contributed by atoms with Crippen molar-refractivity contribution in [1.82, 2.24) is 19.5 Å². The SMILES string of the molecule is Cc1nc(Cl)c2c(n1)nc(N)n2-c1ccccc1Cl. The highest BCUT2D eigenvalue weighted by Gasteiger charge is 2.17. The van der Waals surface area contributed by atoms with Gasteiger partial charge in [0, 0.05) is 0 Å². The molecule has 2 heterocycles. The van der Waals surface area contributed by atoms with E-state index in [9.17, 15) is 0 Å². The highest BCUT2D eigenvalue weighted by molar-refractivity contribution is 6.34. The van der Waals surface area contributed by atoms with Crippen LogP contribution >= 0.6 is 23.2 Å². The smallest absolute Gasteiger partial charge is 0.207 e. The van der Waals surface area contributed by atoms with E-state index in [1.54, 1.807) is 17.6 Å². The van der Waals surface area contributed by atoms with Crippen LogP contribution in [0.2, 0.25) is 10.2 Å². The standard InChI is InChI=1S/C12H9Cl2N5/c1-6-16-10(14)9-11(17-6)18-12(15)19(9)8-5-3-2-4-7(8)13/h2-5H,1H3,(H2,15,16,17,18). The minimum atomic E-state index is 0.268. The largest absolute Gasteiger partial charge is 0.369 e. The molecule has 0 amide bonds. The Kier molecular flexibility index (Phi) is 2.80. The monoisotopic (exact) mass is 293 g/mol. The van der Waals surface area contributed by atoms with Crippen molar-refractivity contribution in [2.45, 2.75) is 6.92 Å². The van der Waals surface area contributed by atoms with Crippen LogP contribution in [0.5, 0.6) is 0 Å². The molecule has 19 heavy (non-hydrogen) atoms. The van der Waals surface area contributed by atoms with Crippen LogP contribution in [0.3, 0.4) is 0 Å². The number of imidazole rings is 1. The molecule has 0 spiro atoms. The number of halogens is 2. The lowest BCUT2D eigenvalue weighted by Crippen LogP contribution is -2.02. The van der Waals surface area contributed by atoms with Crippen LogP contribution in [0.15, 0.2) is 24.3 Å². The Hall–Kier alpha value is -1.85. The highest BCUT2D eigenvalue weighted by atomic mass is 35.5. The first-order valence-electron chi connectivity index (χ1n) is 5.51. The summed E-state index contributed by atoms with van der Waals surface area (Å²) in [7, 11) is 0. The number of nitrogens with zero attached hydrogens (tertiary/aromatic N) is 4. The molecule has 2 N–H and O–H groups in total.